The second kappa shape index (κ2) is 6.64. The Morgan fingerprint density at radius 2 is 2.29 bits per heavy atom. The fourth-order valence-corrected chi connectivity index (χ4v) is 3.29. The molecule has 0 aliphatic carbocycles. The summed E-state index contributed by atoms with van der Waals surface area (Å²) >= 11 is 0. The van der Waals surface area contributed by atoms with Crippen LogP contribution in [0.4, 0.5) is 5.82 Å². The molecule has 0 bridgehead atoms. The minimum atomic E-state index is -0.00289. The van der Waals surface area contributed by atoms with Gasteiger partial charge in [0.1, 0.15) is 5.82 Å². The van der Waals surface area contributed by atoms with E-state index in [1.807, 2.05) is 29.6 Å². The Labute approximate surface area is 141 Å². The van der Waals surface area contributed by atoms with Gasteiger partial charge in [0.2, 0.25) is 0 Å². The number of amides is 1. The number of carbonyl (C=O) groups is 1. The number of methoxy groups -OCH3 is 1. The van der Waals surface area contributed by atoms with Crippen LogP contribution in [-0.4, -0.2) is 56.2 Å². The van der Waals surface area contributed by atoms with Crippen molar-refractivity contribution in [3.05, 3.63) is 29.7 Å². The Kier molecular flexibility index (Phi) is 4.57. The third kappa shape index (κ3) is 3.01. The summed E-state index contributed by atoms with van der Waals surface area (Å²) in [6.07, 6.45) is 4.31. The highest BCUT2D eigenvalue weighted by atomic mass is 16.5. The molecule has 2 atom stereocenters. The first-order valence-corrected chi connectivity index (χ1v) is 8.18. The molecule has 0 unspecified atom stereocenters. The summed E-state index contributed by atoms with van der Waals surface area (Å²) in [5, 5.41) is 8.51. The van der Waals surface area contributed by atoms with Gasteiger partial charge in [-0.05, 0) is 26.3 Å². The molecule has 1 fully saturated rings. The molecule has 1 saturated heterocycles. The molecule has 2 aromatic rings. The highest BCUT2D eigenvalue weighted by molar-refractivity contribution is 5.95. The maximum atomic E-state index is 13.0. The Morgan fingerprint density at radius 3 is 2.88 bits per heavy atom. The van der Waals surface area contributed by atoms with Gasteiger partial charge in [0.25, 0.3) is 5.91 Å². The van der Waals surface area contributed by atoms with E-state index in [1.165, 1.54) is 0 Å². The number of nitrogens with zero attached hydrogens (tertiary/aromatic N) is 5. The molecular formula is C16H24N6O2. The first kappa shape index (κ1) is 16.5. The van der Waals surface area contributed by atoms with Crippen LogP contribution in [0.25, 0.3) is 0 Å². The molecule has 8 nitrogen and oxygen atoms in total. The van der Waals surface area contributed by atoms with Crippen LogP contribution in [0.15, 0.2) is 18.5 Å². The molecule has 3 rings (SSSR count). The van der Waals surface area contributed by atoms with Gasteiger partial charge in [-0.3, -0.25) is 14.2 Å². The Balaban J connectivity index is 1.82. The molecule has 0 aromatic carbocycles. The van der Waals surface area contributed by atoms with E-state index in [0.29, 0.717) is 24.5 Å². The lowest BCUT2D eigenvalue weighted by molar-refractivity contribution is 0.0678. The van der Waals surface area contributed by atoms with E-state index in [4.69, 9.17) is 10.5 Å². The van der Waals surface area contributed by atoms with Gasteiger partial charge in [0, 0.05) is 32.1 Å². The van der Waals surface area contributed by atoms with Crippen molar-refractivity contribution in [2.45, 2.75) is 45.5 Å². The minimum absolute atomic E-state index is 0.00289. The summed E-state index contributed by atoms with van der Waals surface area (Å²) in [7, 11) is 1.68. The number of nitrogen functional groups attached to an aromatic ring is 1. The zero-order chi connectivity index (χ0) is 17.3. The predicted octanol–water partition coefficient (Wildman–Crippen LogP) is 0.920. The van der Waals surface area contributed by atoms with E-state index in [1.54, 1.807) is 24.1 Å². The first-order valence-electron chi connectivity index (χ1n) is 8.18. The van der Waals surface area contributed by atoms with Crippen molar-refractivity contribution in [2.75, 3.05) is 19.4 Å². The van der Waals surface area contributed by atoms with Crippen LogP contribution < -0.4 is 5.73 Å². The maximum Gasteiger partial charge on any atom is 0.257 e. The van der Waals surface area contributed by atoms with Gasteiger partial charge in [-0.25, -0.2) is 0 Å². The van der Waals surface area contributed by atoms with Gasteiger partial charge in [0.15, 0.2) is 0 Å². The van der Waals surface area contributed by atoms with Crippen LogP contribution in [0.2, 0.25) is 0 Å². The van der Waals surface area contributed by atoms with Crippen LogP contribution in [0.3, 0.4) is 0 Å². The number of likely N-dealkylation sites (tertiary alicyclic amines) is 1. The summed E-state index contributed by atoms with van der Waals surface area (Å²) < 4.78 is 9.10. The van der Waals surface area contributed by atoms with Gasteiger partial charge in [-0.1, -0.05) is 0 Å². The predicted molar refractivity (Wildman–Crippen MR) is 89.5 cm³/mol. The number of hydrogen-bond acceptors (Lipinski definition) is 5. The summed E-state index contributed by atoms with van der Waals surface area (Å²) in [5.74, 6) is 0.478. The summed E-state index contributed by atoms with van der Waals surface area (Å²) in [6, 6.07) is 1.77. The van der Waals surface area contributed by atoms with Gasteiger partial charge in [0.05, 0.1) is 30.5 Å². The highest BCUT2D eigenvalue weighted by Gasteiger charge is 2.37. The largest absolute Gasteiger partial charge is 0.382 e. The molecule has 24 heavy (non-hydrogen) atoms. The molecule has 0 saturated carbocycles. The number of carbonyl (C=O) groups excluding carboxylic acids is 1. The lowest BCUT2D eigenvalue weighted by Gasteiger charge is -2.24. The molecule has 130 valence electrons. The maximum absolute atomic E-state index is 13.0. The number of aromatic nitrogens is 4. The van der Waals surface area contributed by atoms with Crippen molar-refractivity contribution >= 4 is 11.7 Å². The fraction of sp³-hybridized carbons (Fsp3) is 0.562. The summed E-state index contributed by atoms with van der Waals surface area (Å²) in [6.45, 7) is 5.86. The quantitative estimate of drug-likeness (QED) is 0.879. The molecule has 0 spiro atoms. The average Bonchev–Trinajstić information content (AvgIpc) is 3.26. The van der Waals surface area contributed by atoms with E-state index in [2.05, 4.69) is 10.2 Å². The highest BCUT2D eigenvalue weighted by Crippen LogP contribution is 2.24. The molecule has 1 aliphatic rings. The molecule has 0 radical (unpaired) electrons. The number of nitrogens with two attached hydrogens (primary N) is 1. The zero-order valence-electron chi connectivity index (χ0n) is 14.3. The molecule has 8 heteroatoms. The number of rotatable bonds is 5. The van der Waals surface area contributed by atoms with Crippen LogP contribution in [0.5, 0.6) is 0 Å². The molecule has 1 amide bonds. The Bertz CT molecular complexity index is 722. The topological polar surface area (TPSA) is 91.2 Å². The van der Waals surface area contributed by atoms with Gasteiger partial charge >= 0.3 is 0 Å². The first-order chi connectivity index (χ1) is 11.5. The second-order valence-electron chi connectivity index (χ2n) is 6.13. The van der Waals surface area contributed by atoms with Gasteiger partial charge in [-0.2, -0.15) is 10.2 Å². The Hall–Kier alpha value is -2.35. The van der Waals surface area contributed by atoms with Crippen molar-refractivity contribution in [2.24, 2.45) is 0 Å². The number of ether oxygens (including phenoxy) is 1. The fourth-order valence-electron chi connectivity index (χ4n) is 3.29. The number of aryl methyl sites for hydroxylation is 1. The average molecular weight is 332 g/mol. The smallest absolute Gasteiger partial charge is 0.257 e. The van der Waals surface area contributed by atoms with Crippen molar-refractivity contribution in [1.29, 1.82) is 0 Å². The normalized spacial score (nSPS) is 20.7. The van der Waals surface area contributed by atoms with E-state index >= 15 is 0 Å². The Morgan fingerprint density at radius 1 is 1.50 bits per heavy atom. The van der Waals surface area contributed by atoms with Gasteiger partial charge < -0.3 is 15.4 Å². The molecular weight excluding hydrogens is 308 g/mol. The number of anilines is 1. The molecule has 2 N–H and O–H groups in total. The monoisotopic (exact) mass is 332 g/mol. The zero-order valence-corrected chi connectivity index (χ0v) is 14.3. The SMILES string of the molecule is CCn1ncc(C(=O)N2C[C@H](OC)C[C@H]2Cn2ccc(N)n2)c1C. The van der Waals surface area contributed by atoms with E-state index in [0.717, 1.165) is 18.7 Å². The summed E-state index contributed by atoms with van der Waals surface area (Å²) in [5.41, 5.74) is 7.23. The molecule has 2 aromatic heterocycles. The van der Waals surface area contributed by atoms with Crippen molar-refractivity contribution in [3.8, 4) is 0 Å². The molecule has 1 aliphatic heterocycles. The van der Waals surface area contributed by atoms with Crippen molar-refractivity contribution in [3.63, 3.8) is 0 Å². The van der Waals surface area contributed by atoms with E-state index in [-0.39, 0.29) is 18.1 Å². The second-order valence-corrected chi connectivity index (χ2v) is 6.13. The van der Waals surface area contributed by atoms with Crippen LogP contribution >= 0.6 is 0 Å². The lowest BCUT2D eigenvalue weighted by atomic mass is 10.1. The standard InChI is InChI=1S/C16H24N6O2/c1-4-22-11(2)14(8-18-22)16(23)21-10-13(24-3)7-12(21)9-20-6-5-15(17)19-20/h5-6,8,12-13H,4,7,9-10H2,1-3H3,(H2,17,19)/t12-,13+/m0/s1. The third-order valence-electron chi connectivity index (χ3n) is 4.66. The van der Waals surface area contributed by atoms with Crippen LogP contribution in [-0.2, 0) is 17.8 Å². The van der Waals surface area contributed by atoms with Crippen molar-refractivity contribution in [1.82, 2.24) is 24.5 Å². The van der Waals surface area contributed by atoms with E-state index < -0.39 is 0 Å². The minimum Gasteiger partial charge on any atom is -0.382 e. The number of hydrogen-bond donors (Lipinski definition) is 1. The van der Waals surface area contributed by atoms with Crippen LogP contribution in [0.1, 0.15) is 29.4 Å². The van der Waals surface area contributed by atoms with Crippen molar-refractivity contribution < 1.29 is 9.53 Å². The van der Waals surface area contributed by atoms with E-state index in [9.17, 15) is 4.79 Å². The molecule has 3 heterocycles. The van der Waals surface area contributed by atoms with Gasteiger partial charge in [-0.15, -0.1) is 0 Å². The lowest BCUT2D eigenvalue weighted by Crippen LogP contribution is -2.38. The van der Waals surface area contributed by atoms with Crippen LogP contribution in [0, 0.1) is 6.92 Å². The third-order valence-corrected chi connectivity index (χ3v) is 4.66. The summed E-state index contributed by atoms with van der Waals surface area (Å²) in [4.78, 5) is 14.9.